The molecule has 1 N–H and O–H groups in total. The average molecular weight is 451 g/mol. The molecule has 1 fully saturated rings. The number of carbonyl (C=O) groups excluding carboxylic acids is 2. The summed E-state index contributed by atoms with van der Waals surface area (Å²) in [5.74, 6) is -0.0145. The van der Waals surface area contributed by atoms with Crippen molar-refractivity contribution >= 4 is 45.2 Å². The van der Waals surface area contributed by atoms with E-state index in [1.54, 1.807) is 11.0 Å². The van der Waals surface area contributed by atoms with Crippen LogP contribution in [0.4, 0.5) is 10.1 Å². The van der Waals surface area contributed by atoms with Crippen LogP contribution in [0.2, 0.25) is 0 Å². The van der Waals surface area contributed by atoms with Crippen molar-refractivity contribution in [1.82, 2.24) is 4.90 Å². The van der Waals surface area contributed by atoms with Crippen LogP contribution in [-0.4, -0.2) is 34.3 Å². The number of thioether (sulfide) groups is 1. The highest BCUT2D eigenvalue weighted by Crippen LogP contribution is 2.29. The molecule has 2 aromatic rings. The first-order valence-corrected chi connectivity index (χ1v) is 10.6. The Bertz CT molecular complexity index is 829. The molecule has 1 aliphatic carbocycles. The first-order chi connectivity index (χ1) is 13.0. The summed E-state index contributed by atoms with van der Waals surface area (Å²) in [6.07, 6.45) is 1.96. The Labute approximate surface area is 170 Å². The minimum atomic E-state index is -0.297. The predicted molar refractivity (Wildman–Crippen MR) is 110 cm³/mol. The molecule has 7 heteroatoms. The molecule has 3 rings (SSSR count). The average Bonchev–Trinajstić information content (AvgIpc) is 3.44. The van der Waals surface area contributed by atoms with Gasteiger partial charge in [-0.3, -0.25) is 9.59 Å². The third-order valence-electron chi connectivity index (χ3n) is 4.12. The third kappa shape index (κ3) is 6.36. The molecule has 0 spiro atoms. The highest BCUT2D eigenvalue weighted by atomic mass is 79.9. The van der Waals surface area contributed by atoms with Gasteiger partial charge >= 0.3 is 0 Å². The molecule has 0 aliphatic heterocycles. The second-order valence-electron chi connectivity index (χ2n) is 6.43. The van der Waals surface area contributed by atoms with Crippen LogP contribution < -0.4 is 5.32 Å². The fourth-order valence-corrected chi connectivity index (χ4v) is 3.82. The van der Waals surface area contributed by atoms with Gasteiger partial charge in [-0.1, -0.05) is 34.1 Å². The Morgan fingerprint density at radius 1 is 1.15 bits per heavy atom. The highest BCUT2D eigenvalue weighted by Gasteiger charge is 2.32. The molecular formula is C20H20BrFN2O2S. The van der Waals surface area contributed by atoms with Gasteiger partial charge in [-0.25, -0.2) is 4.39 Å². The number of anilines is 1. The molecule has 2 amide bonds. The SMILES string of the molecule is O=C(CSCC(=O)N(Cc1cccc(F)c1)C1CC1)Nc1cccc(Br)c1. The summed E-state index contributed by atoms with van der Waals surface area (Å²) >= 11 is 4.65. The van der Waals surface area contributed by atoms with E-state index in [1.165, 1.54) is 23.9 Å². The summed E-state index contributed by atoms with van der Waals surface area (Å²) in [6.45, 7) is 0.409. The smallest absolute Gasteiger partial charge is 0.234 e. The van der Waals surface area contributed by atoms with Crippen molar-refractivity contribution in [1.29, 1.82) is 0 Å². The quantitative estimate of drug-likeness (QED) is 0.645. The van der Waals surface area contributed by atoms with E-state index in [0.717, 1.165) is 22.9 Å². The maximum absolute atomic E-state index is 13.4. The molecule has 0 unspecified atom stereocenters. The fraction of sp³-hybridized carbons (Fsp3) is 0.300. The summed E-state index contributed by atoms with van der Waals surface area (Å²) in [5.41, 5.74) is 1.50. The van der Waals surface area contributed by atoms with Crippen LogP contribution in [0.1, 0.15) is 18.4 Å². The normalized spacial score (nSPS) is 13.3. The Morgan fingerprint density at radius 3 is 2.63 bits per heavy atom. The zero-order valence-corrected chi connectivity index (χ0v) is 17.1. The van der Waals surface area contributed by atoms with Crippen LogP contribution in [-0.2, 0) is 16.1 Å². The minimum absolute atomic E-state index is 0.0120. The third-order valence-corrected chi connectivity index (χ3v) is 5.53. The number of nitrogens with one attached hydrogen (secondary N) is 1. The van der Waals surface area contributed by atoms with Gasteiger partial charge in [0, 0.05) is 22.7 Å². The van der Waals surface area contributed by atoms with Crippen molar-refractivity contribution in [2.45, 2.75) is 25.4 Å². The van der Waals surface area contributed by atoms with Gasteiger partial charge < -0.3 is 10.2 Å². The molecule has 0 saturated heterocycles. The lowest BCUT2D eigenvalue weighted by Gasteiger charge is -2.22. The first kappa shape index (κ1) is 19.9. The standard InChI is InChI=1S/C20H20BrFN2O2S/c21-15-4-2-6-17(10-15)23-19(25)12-27-13-20(26)24(18-7-8-18)11-14-3-1-5-16(22)9-14/h1-6,9-10,18H,7-8,11-13H2,(H,23,25). The van der Waals surface area contributed by atoms with Gasteiger partial charge in [0.05, 0.1) is 11.5 Å². The lowest BCUT2D eigenvalue weighted by molar-refractivity contribution is -0.129. The van der Waals surface area contributed by atoms with Gasteiger partial charge in [0.15, 0.2) is 0 Å². The van der Waals surface area contributed by atoms with E-state index in [9.17, 15) is 14.0 Å². The van der Waals surface area contributed by atoms with Gasteiger partial charge in [0.2, 0.25) is 11.8 Å². The van der Waals surface area contributed by atoms with E-state index in [4.69, 9.17) is 0 Å². The molecule has 1 saturated carbocycles. The molecule has 0 atom stereocenters. The lowest BCUT2D eigenvalue weighted by atomic mass is 10.2. The van der Waals surface area contributed by atoms with Gasteiger partial charge in [0.25, 0.3) is 0 Å². The Kier molecular flexibility index (Phi) is 6.90. The number of halogens is 2. The topological polar surface area (TPSA) is 49.4 Å². The molecule has 0 heterocycles. The predicted octanol–water partition coefficient (Wildman–Crippen LogP) is 4.45. The second kappa shape index (κ2) is 9.37. The molecule has 1 aliphatic rings. The van der Waals surface area contributed by atoms with Crippen LogP contribution in [0.15, 0.2) is 53.0 Å². The van der Waals surface area contributed by atoms with Gasteiger partial charge in [0.1, 0.15) is 5.82 Å². The molecule has 2 aromatic carbocycles. The number of rotatable bonds is 8. The maximum atomic E-state index is 13.4. The minimum Gasteiger partial charge on any atom is -0.335 e. The summed E-state index contributed by atoms with van der Waals surface area (Å²) in [4.78, 5) is 26.4. The molecule has 0 bridgehead atoms. The van der Waals surface area contributed by atoms with Crippen molar-refractivity contribution in [3.8, 4) is 0 Å². The molecule has 0 radical (unpaired) electrons. The van der Waals surface area contributed by atoms with Crippen LogP contribution in [0.25, 0.3) is 0 Å². The molecule has 27 heavy (non-hydrogen) atoms. The number of hydrogen-bond donors (Lipinski definition) is 1. The fourth-order valence-electron chi connectivity index (χ4n) is 2.72. The van der Waals surface area contributed by atoms with Gasteiger partial charge in [-0.2, -0.15) is 0 Å². The van der Waals surface area contributed by atoms with Crippen molar-refractivity contribution in [2.75, 3.05) is 16.8 Å². The van der Waals surface area contributed by atoms with Gasteiger partial charge in [-0.05, 0) is 48.7 Å². The van der Waals surface area contributed by atoms with E-state index in [-0.39, 0.29) is 35.2 Å². The molecular weight excluding hydrogens is 431 g/mol. The largest absolute Gasteiger partial charge is 0.335 e. The summed E-state index contributed by atoms with van der Waals surface area (Å²) in [5, 5.41) is 2.81. The molecule has 4 nitrogen and oxygen atoms in total. The number of hydrogen-bond acceptors (Lipinski definition) is 3. The van der Waals surface area contributed by atoms with Crippen LogP contribution in [0, 0.1) is 5.82 Å². The van der Waals surface area contributed by atoms with Crippen LogP contribution in [0.5, 0.6) is 0 Å². The van der Waals surface area contributed by atoms with Crippen LogP contribution in [0.3, 0.4) is 0 Å². The second-order valence-corrected chi connectivity index (χ2v) is 8.34. The summed E-state index contributed by atoms with van der Waals surface area (Å²) in [6, 6.07) is 13.9. The van der Waals surface area contributed by atoms with Crippen LogP contribution >= 0.6 is 27.7 Å². The van der Waals surface area contributed by atoms with E-state index in [1.807, 2.05) is 30.3 Å². The van der Waals surface area contributed by atoms with Crippen molar-refractivity contribution in [3.05, 3.63) is 64.4 Å². The molecule has 0 aromatic heterocycles. The zero-order valence-electron chi connectivity index (χ0n) is 14.7. The monoisotopic (exact) mass is 450 g/mol. The van der Waals surface area contributed by atoms with E-state index >= 15 is 0 Å². The number of nitrogens with zero attached hydrogens (tertiary/aromatic N) is 1. The van der Waals surface area contributed by atoms with E-state index in [0.29, 0.717) is 12.2 Å². The maximum Gasteiger partial charge on any atom is 0.234 e. The Hall–Kier alpha value is -1.86. The first-order valence-electron chi connectivity index (χ1n) is 8.68. The Morgan fingerprint density at radius 2 is 1.93 bits per heavy atom. The van der Waals surface area contributed by atoms with Crippen molar-refractivity contribution < 1.29 is 14.0 Å². The summed E-state index contributed by atoms with van der Waals surface area (Å²) in [7, 11) is 0. The zero-order chi connectivity index (χ0) is 19.2. The number of carbonyl (C=O) groups is 2. The summed E-state index contributed by atoms with van der Waals surface area (Å²) < 4.78 is 14.3. The number of amides is 2. The van der Waals surface area contributed by atoms with Gasteiger partial charge in [-0.15, -0.1) is 11.8 Å². The van der Waals surface area contributed by atoms with E-state index in [2.05, 4.69) is 21.2 Å². The van der Waals surface area contributed by atoms with Crippen molar-refractivity contribution in [2.24, 2.45) is 0 Å². The molecule has 142 valence electrons. The number of benzene rings is 2. The Balaban J connectivity index is 1.47. The van der Waals surface area contributed by atoms with Crippen molar-refractivity contribution in [3.63, 3.8) is 0 Å². The van der Waals surface area contributed by atoms with E-state index < -0.39 is 0 Å². The lowest BCUT2D eigenvalue weighted by Crippen LogP contribution is -2.34. The highest BCUT2D eigenvalue weighted by molar-refractivity contribution is 9.10.